The lowest BCUT2D eigenvalue weighted by Crippen LogP contribution is -2.02. The summed E-state index contributed by atoms with van der Waals surface area (Å²) in [4.78, 5) is 31.4. The summed E-state index contributed by atoms with van der Waals surface area (Å²) in [5, 5.41) is 9.70. The molecule has 0 unspecified atom stereocenters. The SMILES string of the molecule is Cc1cc(C=O)cc(C(=O)Cl)c1[N+](=O)[O-]. The summed E-state index contributed by atoms with van der Waals surface area (Å²) in [7, 11) is 0. The van der Waals surface area contributed by atoms with E-state index in [0.717, 1.165) is 6.07 Å². The number of halogens is 1. The van der Waals surface area contributed by atoms with Crippen LogP contribution >= 0.6 is 11.6 Å². The van der Waals surface area contributed by atoms with Gasteiger partial charge in [0.2, 0.25) is 0 Å². The highest BCUT2D eigenvalue weighted by molar-refractivity contribution is 6.68. The third kappa shape index (κ3) is 2.19. The van der Waals surface area contributed by atoms with E-state index in [1.165, 1.54) is 13.0 Å². The molecule has 0 radical (unpaired) electrons. The molecule has 0 saturated heterocycles. The van der Waals surface area contributed by atoms with E-state index in [1.54, 1.807) is 0 Å². The highest BCUT2D eigenvalue weighted by Gasteiger charge is 2.22. The molecule has 15 heavy (non-hydrogen) atoms. The number of hydrogen-bond donors (Lipinski definition) is 0. The molecule has 0 aliphatic carbocycles. The van der Waals surface area contributed by atoms with Crippen molar-refractivity contribution < 1.29 is 14.5 Å². The summed E-state index contributed by atoms with van der Waals surface area (Å²) < 4.78 is 0. The van der Waals surface area contributed by atoms with Gasteiger partial charge in [0.15, 0.2) is 0 Å². The van der Waals surface area contributed by atoms with Crippen molar-refractivity contribution in [1.82, 2.24) is 0 Å². The van der Waals surface area contributed by atoms with E-state index in [9.17, 15) is 19.7 Å². The van der Waals surface area contributed by atoms with Crippen molar-refractivity contribution in [2.75, 3.05) is 0 Å². The lowest BCUT2D eigenvalue weighted by molar-refractivity contribution is -0.385. The zero-order valence-corrected chi connectivity index (χ0v) is 8.45. The van der Waals surface area contributed by atoms with Crippen molar-refractivity contribution in [3.8, 4) is 0 Å². The molecular weight excluding hydrogens is 222 g/mol. The van der Waals surface area contributed by atoms with Crippen molar-refractivity contribution in [3.05, 3.63) is 38.9 Å². The van der Waals surface area contributed by atoms with Crippen LogP contribution in [-0.4, -0.2) is 16.5 Å². The maximum Gasteiger partial charge on any atom is 0.284 e. The minimum Gasteiger partial charge on any atom is -0.298 e. The largest absolute Gasteiger partial charge is 0.298 e. The monoisotopic (exact) mass is 227 g/mol. The van der Waals surface area contributed by atoms with Crippen LogP contribution in [0.15, 0.2) is 12.1 Å². The fraction of sp³-hybridized carbons (Fsp3) is 0.111. The number of benzene rings is 1. The Balaban J connectivity index is 3.56. The van der Waals surface area contributed by atoms with Gasteiger partial charge in [-0.2, -0.15) is 0 Å². The van der Waals surface area contributed by atoms with Crippen molar-refractivity contribution >= 4 is 28.8 Å². The van der Waals surface area contributed by atoms with Gasteiger partial charge in [0.25, 0.3) is 10.9 Å². The minimum atomic E-state index is -0.950. The van der Waals surface area contributed by atoms with Crippen LogP contribution in [0.1, 0.15) is 26.3 Å². The van der Waals surface area contributed by atoms with Crippen LogP contribution in [0.2, 0.25) is 0 Å². The highest BCUT2D eigenvalue weighted by Crippen LogP contribution is 2.25. The molecule has 6 heteroatoms. The lowest BCUT2D eigenvalue weighted by Gasteiger charge is -2.02. The van der Waals surface area contributed by atoms with E-state index in [0.29, 0.717) is 6.29 Å². The first-order chi connectivity index (χ1) is 6.97. The van der Waals surface area contributed by atoms with Gasteiger partial charge in [-0.05, 0) is 30.7 Å². The second kappa shape index (κ2) is 4.18. The number of aldehydes is 1. The quantitative estimate of drug-likeness (QED) is 0.343. The first kappa shape index (κ1) is 11.3. The Morgan fingerprint density at radius 1 is 1.53 bits per heavy atom. The van der Waals surface area contributed by atoms with Gasteiger partial charge in [0, 0.05) is 11.1 Å². The third-order valence-electron chi connectivity index (χ3n) is 1.85. The molecular formula is C9H6ClNO4. The Bertz CT molecular complexity index is 456. The zero-order valence-electron chi connectivity index (χ0n) is 7.69. The lowest BCUT2D eigenvalue weighted by atomic mass is 10.1. The molecule has 0 atom stereocenters. The average Bonchev–Trinajstić information content (AvgIpc) is 2.15. The number of hydrogen-bond acceptors (Lipinski definition) is 4. The number of nitrogens with zero attached hydrogens (tertiary/aromatic N) is 1. The smallest absolute Gasteiger partial charge is 0.284 e. The molecule has 1 aromatic carbocycles. The van der Waals surface area contributed by atoms with E-state index in [1.807, 2.05) is 0 Å². The first-order valence-corrected chi connectivity index (χ1v) is 4.29. The van der Waals surface area contributed by atoms with Gasteiger partial charge in [-0.25, -0.2) is 0 Å². The number of nitro benzene ring substituents is 1. The zero-order chi connectivity index (χ0) is 11.6. The van der Waals surface area contributed by atoms with E-state index in [2.05, 4.69) is 0 Å². The average molecular weight is 228 g/mol. The van der Waals surface area contributed by atoms with Crippen LogP contribution < -0.4 is 0 Å². The van der Waals surface area contributed by atoms with Gasteiger partial charge in [-0.3, -0.25) is 19.7 Å². The molecule has 0 aliphatic heterocycles. The van der Waals surface area contributed by atoms with Crippen LogP contribution in [0.5, 0.6) is 0 Å². The summed E-state index contributed by atoms with van der Waals surface area (Å²) in [6.07, 6.45) is 0.500. The normalized spacial score (nSPS) is 9.73. The predicted molar refractivity (Wildman–Crippen MR) is 53.4 cm³/mol. The summed E-state index contributed by atoms with van der Waals surface area (Å²) in [6.45, 7) is 1.44. The molecule has 0 aliphatic rings. The van der Waals surface area contributed by atoms with Gasteiger partial charge in [0.1, 0.15) is 11.8 Å². The molecule has 0 spiro atoms. The first-order valence-electron chi connectivity index (χ1n) is 3.91. The maximum atomic E-state index is 10.9. The molecule has 78 valence electrons. The van der Waals surface area contributed by atoms with Gasteiger partial charge in [-0.1, -0.05) is 0 Å². The van der Waals surface area contributed by atoms with Gasteiger partial charge < -0.3 is 0 Å². The van der Waals surface area contributed by atoms with Gasteiger partial charge in [0.05, 0.1) is 4.92 Å². The second-order valence-electron chi connectivity index (χ2n) is 2.88. The van der Waals surface area contributed by atoms with E-state index in [-0.39, 0.29) is 22.4 Å². The Morgan fingerprint density at radius 2 is 2.13 bits per heavy atom. The van der Waals surface area contributed by atoms with E-state index < -0.39 is 10.2 Å². The summed E-state index contributed by atoms with van der Waals surface area (Å²) in [5.74, 6) is 0. The molecule has 0 amide bonds. The van der Waals surface area contributed by atoms with Crippen molar-refractivity contribution in [1.29, 1.82) is 0 Å². The molecule has 0 heterocycles. The number of carbonyl (C=O) groups is 2. The summed E-state index contributed by atoms with van der Waals surface area (Å²) >= 11 is 5.19. The fourth-order valence-corrected chi connectivity index (χ4v) is 1.41. The number of nitro groups is 1. The Hall–Kier alpha value is -1.75. The highest BCUT2D eigenvalue weighted by atomic mass is 35.5. The molecule has 0 fully saturated rings. The number of carbonyl (C=O) groups excluding carboxylic acids is 2. The number of aryl methyl sites for hydroxylation is 1. The second-order valence-corrected chi connectivity index (χ2v) is 3.23. The Labute approximate surface area is 89.8 Å². The third-order valence-corrected chi connectivity index (χ3v) is 2.06. The molecule has 5 nitrogen and oxygen atoms in total. The van der Waals surface area contributed by atoms with Crippen molar-refractivity contribution in [2.45, 2.75) is 6.92 Å². The van der Waals surface area contributed by atoms with Gasteiger partial charge >= 0.3 is 0 Å². The van der Waals surface area contributed by atoms with E-state index in [4.69, 9.17) is 11.6 Å². The molecule has 1 rings (SSSR count). The van der Waals surface area contributed by atoms with E-state index >= 15 is 0 Å². The molecule has 1 aromatic rings. The van der Waals surface area contributed by atoms with Gasteiger partial charge in [-0.15, -0.1) is 0 Å². The topological polar surface area (TPSA) is 77.3 Å². The van der Waals surface area contributed by atoms with Crippen molar-refractivity contribution in [3.63, 3.8) is 0 Å². The van der Waals surface area contributed by atoms with Crippen LogP contribution in [-0.2, 0) is 0 Å². The molecule has 0 bridgehead atoms. The van der Waals surface area contributed by atoms with Crippen LogP contribution in [0.4, 0.5) is 5.69 Å². The predicted octanol–water partition coefficient (Wildman–Crippen LogP) is 2.09. The molecule has 0 saturated carbocycles. The summed E-state index contributed by atoms with van der Waals surface area (Å²) in [6, 6.07) is 2.43. The van der Waals surface area contributed by atoms with Crippen LogP contribution in [0, 0.1) is 17.0 Å². The maximum absolute atomic E-state index is 10.9. The van der Waals surface area contributed by atoms with Crippen LogP contribution in [0.25, 0.3) is 0 Å². The van der Waals surface area contributed by atoms with Crippen molar-refractivity contribution in [2.24, 2.45) is 0 Å². The standard InChI is InChI=1S/C9H6ClNO4/c1-5-2-6(4-12)3-7(9(10)13)8(5)11(14)15/h2-4H,1H3. The summed E-state index contributed by atoms with van der Waals surface area (Å²) in [5.41, 5.74) is -0.208. The molecule has 0 aromatic heterocycles. The Kier molecular flexibility index (Phi) is 3.16. The minimum absolute atomic E-state index is 0.183. The Morgan fingerprint density at radius 3 is 2.53 bits per heavy atom. The fourth-order valence-electron chi connectivity index (χ4n) is 1.27. The van der Waals surface area contributed by atoms with Crippen LogP contribution in [0.3, 0.4) is 0 Å². The molecule has 0 N–H and O–H groups in total. The number of rotatable bonds is 3.